The van der Waals surface area contributed by atoms with Crippen LogP contribution in [0, 0.1) is 0 Å². The molecule has 1 aromatic rings. The molecule has 0 saturated heterocycles. The fourth-order valence-electron chi connectivity index (χ4n) is 2.27. The van der Waals surface area contributed by atoms with Gasteiger partial charge in [-0.25, -0.2) is 5.84 Å². The molecule has 1 saturated carbocycles. The summed E-state index contributed by atoms with van der Waals surface area (Å²) in [7, 11) is 0. The van der Waals surface area contributed by atoms with E-state index in [1.807, 2.05) is 4.90 Å². The molecular weight excluding hydrogens is 244 g/mol. The molecule has 3 N–H and O–H groups in total. The van der Waals surface area contributed by atoms with Gasteiger partial charge in [-0.15, -0.1) is 0 Å². The van der Waals surface area contributed by atoms with Crippen molar-refractivity contribution in [2.75, 3.05) is 23.4 Å². The Labute approximate surface area is 113 Å². The molecule has 7 nitrogen and oxygen atoms in total. The maximum Gasteiger partial charge on any atom is 0.323 e. The smallest absolute Gasteiger partial charge is 0.323 e. The highest BCUT2D eigenvalue weighted by molar-refractivity contribution is 5.37. The predicted octanol–water partition coefficient (Wildman–Crippen LogP) is 1.32. The third-order valence-corrected chi connectivity index (χ3v) is 3.35. The van der Waals surface area contributed by atoms with Crippen LogP contribution in [0.4, 0.5) is 11.9 Å². The molecule has 0 amide bonds. The molecule has 1 aliphatic carbocycles. The van der Waals surface area contributed by atoms with Gasteiger partial charge in [-0.3, -0.25) is 5.43 Å². The highest BCUT2D eigenvalue weighted by atomic mass is 16.5. The fraction of sp³-hybridized carbons (Fsp3) is 0.750. The van der Waals surface area contributed by atoms with Crippen LogP contribution < -0.4 is 20.9 Å². The van der Waals surface area contributed by atoms with Gasteiger partial charge in [-0.2, -0.15) is 15.0 Å². The van der Waals surface area contributed by atoms with E-state index in [-0.39, 0.29) is 6.10 Å². The number of nitrogens with zero attached hydrogens (tertiary/aromatic N) is 4. The average molecular weight is 266 g/mol. The van der Waals surface area contributed by atoms with E-state index in [1.165, 1.54) is 12.8 Å². The summed E-state index contributed by atoms with van der Waals surface area (Å²) in [5.41, 5.74) is 2.47. The fourth-order valence-corrected chi connectivity index (χ4v) is 2.27. The second kappa shape index (κ2) is 6.51. The minimum Gasteiger partial charge on any atom is -0.460 e. The molecular formula is C12H22N6O. The second-order valence-electron chi connectivity index (χ2n) is 4.58. The predicted molar refractivity (Wildman–Crippen MR) is 74.1 cm³/mol. The molecule has 2 rings (SSSR count). The van der Waals surface area contributed by atoms with Crippen LogP contribution in [0.15, 0.2) is 0 Å². The zero-order chi connectivity index (χ0) is 13.7. The lowest BCUT2D eigenvalue weighted by atomic mass is 10.3. The normalized spacial score (nSPS) is 15.5. The Morgan fingerprint density at radius 3 is 2.47 bits per heavy atom. The van der Waals surface area contributed by atoms with Gasteiger partial charge in [0, 0.05) is 13.1 Å². The van der Waals surface area contributed by atoms with Crippen molar-refractivity contribution in [1.82, 2.24) is 15.0 Å². The Hall–Kier alpha value is -1.63. The number of hydrazine groups is 1. The Kier molecular flexibility index (Phi) is 4.73. The molecule has 0 spiro atoms. The molecule has 7 heteroatoms. The van der Waals surface area contributed by atoms with Crippen molar-refractivity contribution in [2.45, 2.75) is 45.6 Å². The molecule has 19 heavy (non-hydrogen) atoms. The monoisotopic (exact) mass is 266 g/mol. The first-order valence-corrected chi connectivity index (χ1v) is 6.91. The van der Waals surface area contributed by atoms with E-state index in [0.29, 0.717) is 17.9 Å². The van der Waals surface area contributed by atoms with Gasteiger partial charge in [0.25, 0.3) is 0 Å². The standard InChI is InChI=1S/C12H22N6O/c1-3-18(4-2)11-14-10(17-13)15-12(16-11)19-9-7-5-6-8-9/h9H,3-8,13H2,1-2H3,(H,14,15,16,17). The Bertz CT molecular complexity index is 403. The van der Waals surface area contributed by atoms with Crippen LogP contribution in [0.25, 0.3) is 0 Å². The number of nitrogens with two attached hydrogens (primary N) is 1. The van der Waals surface area contributed by atoms with Crippen LogP contribution in [0.3, 0.4) is 0 Å². The van der Waals surface area contributed by atoms with E-state index in [1.54, 1.807) is 0 Å². The lowest BCUT2D eigenvalue weighted by Crippen LogP contribution is -2.26. The molecule has 106 valence electrons. The first kappa shape index (κ1) is 13.8. The summed E-state index contributed by atoms with van der Waals surface area (Å²) in [5, 5.41) is 0. The zero-order valence-corrected chi connectivity index (χ0v) is 11.6. The van der Waals surface area contributed by atoms with Gasteiger partial charge in [-0.05, 0) is 39.5 Å². The minimum atomic E-state index is 0.220. The van der Waals surface area contributed by atoms with E-state index in [2.05, 4.69) is 34.2 Å². The summed E-state index contributed by atoms with van der Waals surface area (Å²) in [6.07, 6.45) is 4.77. The first-order chi connectivity index (χ1) is 9.26. The van der Waals surface area contributed by atoms with Crippen LogP contribution in [0.2, 0.25) is 0 Å². The van der Waals surface area contributed by atoms with E-state index >= 15 is 0 Å². The van der Waals surface area contributed by atoms with Crippen molar-refractivity contribution in [1.29, 1.82) is 0 Å². The molecule has 1 fully saturated rings. The molecule has 1 aromatic heterocycles. The number of aromatic nitrogens is 3. The molecule has 1 heterocycles. The summed E-state index contributed by atoms with van der Waals surface area (Å²) >= 11 is 0. The SMILES string of the molecule is CCN(CC)c1nc(NN)nc(OC2CCCC2)n1. The zero-order valence-electron chi connectivity index (χ0n) is 11.6. The summed E-state index contributed by atoms with van der Waals surface area (Å²) in [6, 6.07) is 0.358. The van der Waals surface area contributed by atoms with E-state index < -0.39 is 0 Å². The summed E-state index contributed by atoms with van der Waals surface area (Å²) < 4.78 is 5.81. The summed E-state index contributed by atoms with van der Waals surface area (Å²) in [6.45, 7) is 5.77. The number of anilines is 2. The average Bonchev–Trinajstić information content (AvgIpc) is 2.93. The van der Waals surface area contributed by atoms with Crippen LogP contribution in [-0.4, -0.2) is 34.1 Å². The third-order valence-electron chi connectivity index (χ3n) is 3.35. The van der Waals surface area contributed by atoms with Crippen LogP contribution in [0.5, 0.6) is 6.01 Å². The molecule has 1 aliphatic rings. The third kappa shape index (κ3) is 3.44. The van der Waals surface area contributed by atoms with Crippen molar-refractivity contribution in [3.8, 4) is 6.01 Å². The topological polar surface area (TPSA) is 89.2 Å². The largest absolute Gasteiger partial charge is 0.460 e. The highest BCUT2D eigenvalue weighted by Gasteiger charge is 2.19. The van der Waals surface area contributed by atoms with Gasteiger partial charge in [0.15, 0.2) is 0 Å². The van der Waals surface area contributed by atoms with Gasteiger partial charge in [0.2, 0.25) is 11.9 Å². The Morgan fingerprint density at radius 2 is 1.89 bits per heavy atom. The minimum absolute atomic E-state index is 0.220. The van der Waals surface area contributed by atoms with E-state index in [4.69, 9.17) is 10.6 Å². The van der Waals surface area contributed by atoms with Crippen molar-refractivity contribution in [3.63, 3.8) is 0 Å². The number of ether oxygens (including phenoxy) is 1. The Morgan fingerprint density at radius 1 is 1.21 bits per heavy atom. The molecule has 0 atom stereocenters. The van der Waals surface area contributed by atoms with Crippen molar-refractivity contribution in [2.24, 2.45) is 5.84 Å². The van der Waals surface area contributed by atoms with Crippen LogP contribution >= 0.6 is 0 Å². The van der Waals surface area contributed by atoms with Gasteiger partial charge in [0.1, 0.15) is 6.10 Å². The highest BCUT2D eigenvalue weighted by Crippen LogP contribution is 2.23. The van der Waals surface area contributed by atoms with Gasteiger partial charge < -0.3 is 9.64 Å². The van der Waals surface area contributed by atoms with Crippen molar-refractivity contribution >= 4 is 11.9 Å². The van der Waals surface area contributed by atoms with E-state index in [9.17, 15) is 0 Å². The maximum absolute atomic E-state index is 5.81. The molecule has 0 bridgehead atoms. The number of rotatable bonds is 6. The van der Waals surface area contributed by atoms with Gasteiger partial charge in [0.05, 0.1) is 0 Å². The molecule has 0 aliphatic heterocycles. The van der Waals surface area contributed by atoms with Gasteiger partial charge in [-0.1, -0.05) is 0 Å². The van der Waals surface area contributed by atoms with Crippen LogP contribution in [0.1, 0.15) is 39.5 Å². The number of nitrogen functional groups attached to an aromatic ring is 1. The lowest BCUT2D eigenvalue weighted by Gasteiger charge is -2.20. The molecule has 0 unspecified atom stereocenters. The number of hydrogen-bond acceptors (Lipinski definition) is 7. The summed E-state index contributed by atoms with van der Waals surface area (Å²) in [5.74, 6) is 6.34. The van der Waals surface area contributed by atoms with Crippen molar-refractivity contribution < 1.29 is 4.74 Å². The second-order valence-corrected chi connectivity index (χ2v) is 4.58. The van der Waals surface area contributed by atoms with Crippen molar-refractivity contribution in [3.05, 3.63) is 0 Å². The maximum atomic E-state index is 5.81. The van der Waals surface area contributed by atoms with Gasteiger partial charge >= 0.3 is 6.01 Å². The van der Waals surface area contributed by atoms with Crippen LogP contribution in [-0.2, 0) is 0 Å². The van der Waals surface area contributed by atoms with E-state index in [0.717, 1.165) is 25.9 Å². The number of hydrogen-bond donors (Lipinski definition) is 2. The molecule has 0 radical (unpaired) electrons. The lowest BCUT2D eigenvalue weighted by molar-refractivity contribution is 0.192. The first-order valence-electron chi connectivity index (χ1n) is 6.91. The Balaban J connectivity index is 2.19. The molecule has 0 aromatic carbocycles. The quantitative estimate of drug-likeness (QED) is 0.593. The summed E-state index contributed by atoms with van der Waals surface area (Å²) in [4.78, 5) is 14.8. The number of nitrogens with one attached hydrogen (secondary N) is 1.